The second kappa shape index (κ2) is 16.3. The maximum Gasteiger partial charge on any atom is 0.270 e. The van der Waals surface area contributed by atoms with Gasteiger partial charge in [-0.15, -0.1) is 0 Å². The standard InChI is InChI=1S/C41H41N5O4/c1-26-18-27(2)21-32(20-26)42-40(49)36(24-30-12-7-5-8-13-30)45-38(47)34-16-11-17-35(44-34)39(48)46-37(25-31-14-9-6-10-15-31)41(50)43-33-22-28(3)19-29(4)23-33/h5-23,36-37H,24-25H2,1-4H3,(H,42,49)(H,43,50)(H,45,47)(H,46,48)/t36-,37-/m0/s1. The summed E-state index contributed by atoms with van der Waals surface area (Å²) in [5.74, 6) is -2.02. The summed E-state index contributed by atoms with van der Waals surface area (Å²) in [6.07, 6.45) is 0.472. The number of aromatic nitrogens is 1. The molecule has 1 heterocycles. The molecular weight excluding hydrogens is 626 g/mol. The molecule has 5 aromatic rings. The highest BCUT2D eigenvalue weighted by molar-refractivity contribution is 6.03. The quantitative estimate of drug-likeness (QED) is 0.125. The van der Waals surface area contributed by atoms with Crippen molar-refractivity contribution in [3.8, 4) is 0 Å². The van der Waals surface area contributed by atoms with Crippen LogP contribution in [0.5, 0.6) is 0 Å². The lowest BCUT2D eigenvalue weighted by Crippen LogP contribution is -2.46. The summed E-state index contributed by atoms with van der Waals surface area (Å²) in [6.45, 7) is 7.79. The summed E-state index contributed by atoms with van der Waals surface area (Å²) in [7, 11) is 0. The van der Waals surface area contributed by atoms with Gasteiger partial charge >= 0.3 is 0 Å². The second-order valence-corrected chi connectivity index (χ2v) is 12.6. The summed E-state index contributed by atoms with van der Waals surface area (Å²) in [5.41, 5.74) is 6.87. The molecule has 254 valence electrons. The van der Waals surface area contributed by atoms with Crippen LogP contribution in [-0.4, -0.2) is 40.7 Å². The number of aryl methyl sites for hydroxylation is 4. The number of amides is 4. The topological polar surface area (TPSA) is 129 Å². The molecule has 0 radical (unpaired) electrons. The van der Waals surface area contributed by atoms with E-state index < -0.39 is 23.9 Å². The molecule has 0 aliphatic rings. The van der Waals surface area contributed by atoms with Gasteiger partial charge in [0.1, 0.15) is 23.5 Å². The number of nitrogens with zero attached hydrogens (tertiary/aromatic N) is 1. The lowest BCUT2D eigenvalue weighted by atomic mass is 10.0. The van der Waals surface area contributed by atoms with Crippen LogP contribution >= 0.6 is 0 Å². The van der Waals surface area contributed by atoms with Crippen LogP contribution < -0.4 is 21.3 Å². The van der Waals surface area contributed by atoms with Crippen LogP contribution in [0.3, 0.4) is 0 Å². The smallest absolute Gasteiger partial charge is 0.270 e. The van der Waals surface area contributed by atoms with E-state index in [4.69, 9.17) is 0 Å². The van der Waals surface area contributed by atoms with E-state index in [0.717, 1.165) is 33.4 Å². The number of anilines is 2. The Hall–Kier alpha value is -6.09. The van der Waals surface area contributed by atoms with E-state index in [1.54, 1.807) is 6.07 Å². The molecule has 0 unspecified atom stereocenters. The molecule has 0 saturated heterocycles. The number of pyridine rings is 1. The third kappa shape index (κ3) is 9.96. The predicted molar refractivity (Wildman–Crippen MR) is 196 cm³/mol. The van der Waals surface area contributed by atoms with Crippen molar-refractivity contribution < 1.29 is 19.2 Å². The molecule has 50 heavy (non-hydrogen) atoms. The van der Waals surface area contributed by atoms with Crippen LogP contribution in [0.25, 0.3) is 0 Å². The van der Waals surface area contributed by atoms with Gasteiger partial charge in [0.25, 0.3) is 11.8 Å². The van der Waals surface area contributed by atoms with Crippen molar-refractivity contribution in [2.24, 2.45) is 0 Å². The number of rotatable bonds is 12. The van der Waals surface area contributed by atoms with E-state index in [0.29, 0.717) is 11.4 Å². The average molecular weight is 668 g/mol. The van der Waals surface area contributed by atoms with Crippen molar-refractivity contribution in [1.29, 1.82) is 0 Å². The number of hydrogen-bond acceptors (Lipinski definition) is 5. The predicted octanol–water partition coefficient (Wildman–Crippen LogP) is 6.27. The Morgan fingerprint density at radius 2 is 0.860 bits per heavy atom. The average Bonchev–Trinajstić information content (AvgIpc) is 3.07. The van der Waals surface area contributed by atoms with Crippen LogP contribution in [0.4, 0.5) is 11.4 Å². The van der Waals surface area contributed by atoms with Crippen molar-refractivity contribution in [3.63, 3.8) is 0 Å². The Kier molecular flexibility index (Phi) is 11.5. The molecule has 2 atom stereocenters. The molecule has 1 aromatic heterocycles. The Morgan fingerprint density at radius 3 is 1.22 bits per heavy atom. The molecule has 0 aliphatic heterocycles. The maximum atomic E-state index is 13.6. The zero-order valence-electron chi connectivity index (χ0n) is 28.6. The minimum absolute atomic E-state index is 0.0470. The van der Waals surface area contributed by atoms with Gasteiger partial charge in [-0.05, 0) is 97.5 Å². The first-order chi connectivity index (χ1) is 24.0. The van der Waals surface area contributed by atoms with Gasteiger partial charge in [-0.3, -0.25) is 19.2 Å². The second-order valence-electron chi connectivity index (χ2n) is 12.6. The van der Waals surface area contributed by atoms with Crippen molar-refractivity contribution >= 4 is 35.0 Å². The first kappa shape index (κ1) is 35.2. The Morgan fingerprint density at radius 1 is 0.500 bits per heavy atom. The van der Waals surface area contributed by atoms with Crippen molar-refractivity contribution in [3.05, 3.63) is 160 Å². The van der Waals surface area contributed by atoms with Crippen molar-refractivity contribution in [1.82, 2.24) is 15.6 Å². The van der Waals surface area contributed by atoms with Gasteiger partial charge in [0, 0.05) is 24.2 Å². The van der Waals surface area contributed by atoms with E-state index in [1.165, 1.54) is 12.1 Å². The summed E-state index contributed by atoms with van der Waals surface area (Å²) in [6, 6.07) is 32.9. The van der Waals surface area contributed by atoms with Crippen LogP contribution in [0, 0.1) is 27.7 Å². The minimum atomic E-state index is -0.936. The van der Waals surface area contributed by atoms with Gasteiger partial charge in [-0.25, -0.2) is 4.98 Å². The number of hydrogen-bond donors (Lipinski definition) is 4. The van der Waals surface area contributed by atoms with Gasteiger partial charge in [-0.2, -0.15) is 0 Å². The third-order valence-corrected chi connectivity index (χ3v) is 8.00. The number of carbonyl (C=O) groups excluding carboxylic acids is 4. The number of benzene rings is 4. The van der Waals surface area contributed by atoms with E-state index in [-0.39, 0.29) is 36.0 Å². The van der Waals surface area contributed by atoms with Crippen LogP contribution in [0.2, 0.25) is 0 Å². The molecule has 9 nitrogen and oxygen atoms in total. The Balaban J connectivity index is 1.33. The SMILES string of the molecule is Cc1cc(C)cc(NC(=O)[C@H](Cc2ccccc2)NC(=O)c2cccc(C(=O)N[C@@H](Cc3ccccc3)C(=O)Nc3cc(C)cc(C)c3)n2)c1. The van der Waals surface area contributed by atoms with Gasteiger partial charge in [0.15, 0.2) is 0 Å². The van der Waals surface area contributed by atoms with Crippen LogP contribution in [-0.2, 0) is 22.4 Å². The third-order valence-electron chi connectivity index (χ3n) is 8.00. The fraction of sp³-hybridized carbons (Fsp3) is 0.195. The fourth-order valence-electron chi connectivity index (χ4n) is 5.82. The van der Waals surface area contributed by atoms with Gasteiger partial charge in [-0.1, -0.05) is 78.9 Å². The maximum absolute atomic E-state index is 13.6. The summed E-state index contributed by atoms with van der Waals surface area (Å²) < 4.78 is 0. The fourth-order valence-corrected chi connectivity index (χ4v) is 5.82. The molecule has 4 amide bonds. The largest absolute Gasteiger partial charge is 0.339 e. The molecule has 9 heteroatoms. The molecule has 4 N–H and O–H groups in total. The number of carbonyl (C=O) groups is 4. The molecular formula is C41H41N5O4. The molecule has 5 rings (SSSR count). The van der Waals surface area contributed by atoms with Crippen LogP contribution in [0.1, 0.15) is 54.4 Å². The Labute approximate surface area is 292 Å². The summed E-state index contributed by atoms with van der Waals surface area (Å²) in [5, 5.41) is 11.5. The normalized spacial score (nSPS) is 11.9. The monoisotopic (exact) mass is 667 g/mol. The lowest BCUT2D eigenvalue weighted by molar-refractivity contribution is -0.118. The van der Waals surface area contributed by atoms with Gasteiger partial charge in [0.2, 0.25) is 11.8 Å². The molecule has 0 bridgehead atoms. The van der Waals surface area contributed by atoms with E-state index in [1.807, 2.05) is 125 Å². The molecule has 4 aromatic carbocycles. The molecule has 0 spiro atoms. The van der Waals surface area contributed by atoms with E-state index in [2.05, 4.69) is 26.3 Å². The minimum Gasteiger partial charge on any atom is -0.339 e. The van der Waals surface area contributed by atoms with E-state index >= 15 is 0 Å². The van der Waals surface area contributed by atoms with E-state index in [9.17, 15) is 19.2 Å². The zero-order valence-corrected chi connectivity index (χ0v) is 28.6. The lowest BCUT2D eigenvalue weighted by Gasteiger charge is -2.20. The first-order valence-electron chi connectivity index (χ1n) is 16.5. The van der Waals surface area contributed by atoms with Gasteiger partial charge < -0.3 is 21.3 Å². The van der Waals surface area contributed by atoms with Crippen LogP contribution in [0.15, 0.2) is 115 Å². The molecule has 0 aliphatic carbocycles. The van der Waals surface area contributed by atoms with Crippen molar-refractivity contribution in [2.75, 3.05) is 10.6 Å². The first-order valence-corrected chi connectivity index (χ1v) is 16.5. The highest BCUT2D eigenvalue weighted by Crippen LogP contribution is 2.17. The highest BCUT2D eigenvalue weighted by Gasteiger charge is 2.26. The summed E-state index contributed by atoms with van der Waals surface area (Å²) in [4.78, 5) is 58.5. The molecule has 0 saturated carbocycles. The summed E-state index contributed by atoms with van der Waals surface area (Å²) >= 11 is 0. The van der Waals surface area contributed by atoms with Crippen molar-refractivity contribution in [2.45, 2.75) is 52.6 Å². The zero-order chi connectivity index (χ0) is 35.6. The van der Waals surface area contributed by atoms with Gasteiger partial charge in [0.05, 0.1) is 0 Å². The number of nitrogens with one attached hydrogen (secondary N) is 4. The highest BCUT2D eigenvalue weighted by atomic mass is 16.2. The Bertz CT molecular complexity index is 1810. The molecule has 0 fully saturated rings.